The second kappa shape index (κ2) is 5.35. The molecular weight excluding hydrogens is 256 g/mol. The van der Waals surface area contributed by atoms with Gasteiger partial charge in [-0.3, -0.25) is 10.2 Å². The van der Waals surface area contributed by atoms with E-state index in [1.165, 1.54) is 6.20 Å². The number of amides is 1. The van der Waals surface area contributed by atoms with Crippen LogP contribution in [0.25, 0.3) is 0 Å². The largest absolute Gasteiger partial charge is 0.384 e. The zero-order valence-corrected chi connectivity index (χ0v) is 10.6. The molecule has 7 heteroatoms. The lowest BCUT2D eigenvalue weighted by Crippen LogP contribution is -2.17. The minimum atomic E-state index is -0.714. The first-order valence-electron chi connectivity index (χ1n) is 5.82. The van der Waals surface area contributed by atoms with Crippen LogP contribution >= 0.6 is 0 Å². The Bertz CT molecular complexity index is 682. The molecule has 0 aliphatic carbocycles. The summed E-state index contributed by atoms with van der Waals surface area (Å²) in [5.74, 6) is -0.707. The highest BCUT2D eigenvalue weighted by Crippen LogP contribution is 2.12. The Hall–Kier alpha value is -2.96. The Morgan fingerprint density at radius 1 is 1.30 bits per heavy atom. The fraction of sp³-hybridized carbons (Fsp3) is 0.0769. The van der Waals surface area contributed by atoms with Crippen molar-refractivity contribution in [2.24, 2.45) is 11.5 Å². The molecule has 0 spiro atoms. The van der Waals surface area contributed by atoms with Gasteiger partial charge in [-0.25, -0.2) is 9.97 Å². The number of nitrogens with one attached hydrogen (secondary N) is 1. The van der Waals surface area contributed by atoms with Crippen molar-refractivity contribution in [3.8, 4) is 0 Å². The molecule has 0 fully saturated rings. The number of primary amides is 1. The number of hydrogen-bond donors (Lipinski definition) is 4. The standard InChI is InChI=1S/C13H14N6O/c14-11(15)8-3-1-2-7(4-8)5-9-6-18-12(16)10(19-9)13(17)20/h1-4,6H,5H2,(H3,14,15)(H2,16,18)(H2,17,20). The number of anilines is 1. The first kappa shape index (κ1) is 13.5. The molecule has 2 rings (SSSR count). The second-order valence-electron chi connectivity index (χ2n) is 4.25. The van der Waals surface area contributed by atoms with Crippen molar-refractivity contribution in [2.75, 3.05) is 5.73 Å². The van der Waals surface area contributed by atoms with Crippen molar-refractivity contribution in [1.29, 1.82) is 5.41 Å². The van der Waals surface area contributed by atoms with Crippen molar-refractivity contribution >= 4 is 17.6 Å². The zero-order valence-electron chi connectivity index (χ0n) is 10.6. The summed E-state index contributed by atoms with van der Waals surface area (Å²) in [5.41, 5.74) is 18.2. The summed E-state index contributed by atoms with van der Waals surface area (Å²) >= 11 is 0. The van der Waals surface area contributed by atoms with Gasteiger partial charge in [-0.2, -0.15) is 0 Å². The molecule has 7 nitrogen and oxygen atoms in total. The molecule has 0 saturated heterocycles. The third kappa shape index (κ3) is 2.89. The maximum atomic E-state index is 11.2. The van der Waals surface area contributed by atoms with E-state index < -0.39 is 5.91 Å². The third-order valence-corrected chi connectivity index (χ3v) is 2.71. The van der Waals surface area contributed by atoms with Crippen molar-refractivity contribution < 1.29 is 4.79 Å². The van der Waals surface area contributed by atoms with Crippen molar-refractivity contribution in [1.82, 2.24) is 9.97 Å². The van der Waals surface area contributed by atoms with Gasteiger partial charge in [0, 0.05) is 12.0 Å². The summed E-state index contributed by atoms with van der Waals surface area (Å²) in [7, 11) is 0. The van der Waals surface area contributed by atoms with Gasteiger partial charge >= 0.3 is 0 Å². The van der Waals surface area contributed by atoms with Crippen molar-refractivity contribution in [3.63, 3.8) is 0 Å². The number of nitrogens with two attached hydrogens (primary N) is 3. The number of aromatic nitrogens is 2. The number of nitrogens with zero attached hydrogens (tertiary/aromatic N) is 2. The molecule has 7 N–H and O–H groups in total. The van der Waals surface area contributed by atoms with E-state index in [0.717, 1.165) is 5.56 Å². The van der Waals surface area contributed by atoms with Crippen molar-refractivity contribution in [2.45, 2.75) is 6.42 Å². The van der Waals surface area contributed by atoms with Gasteiger partial charge in [-0.05, 0) is 11.6 Å². The lowest BCUT2D eigenvalue weighted by Gasteiger charge is -2.06. The maximum absolute atomic E-state index is 11.2. The Labute approximate surface area is 115 Å². The number of rotatable bonds is 4. The van der Waals surface area contributed by atoms with E-state index in [1.54, 1.807) is 18.2 Å². The summed E-state index contributed by atoms with van der Waals surface area (Å²) in [4.78, 5) is 19.2. The van der Waals surface area contributed by atoms with Crippen LogP contribution in [0.2, 0.25) is 0 Å². The maximum Gasteiger partial charge on any atom is 0.271 e. The quantitative estimate of drug-likeness (QED) is 0.457. The first-order chi connectivity index (χ1) is 9.47. The molecule has 1 aromatic heterocycles. The van der Waals surface area contributed by atoms with Crippen LogP contribution in [0.5, 0.6) is 0 Å². The van der Waals surface area contributed by atoms with Gasteiger partial charge in [0.15, 0.2) is 11.5 Å². The minimum Gasteiger partial charge on any atom is -0.384 e. The topological polar surface area (TPSA) is 145 Å². The molecule has 0 unspecified atom stereocenters. The van der Waals surface area contributed by atoms with Crippen LogP contribution in [0, 0.1) is 5.41 Å². The van der Waals surface area contributed by atoms with Gasteiger partial charge in [0.1, 0.15) is 5.84 Å². The van der Waals surface area contributed by atoms with E-state index >= 15 is 0 Å². The predicted octanol–water partition coefficient (Wildman–Crippen LogP) is 0.0326. The predicted molar refractivity (Wildman–Crippen MR) is 75.2 cm³/mol. The second-order valence-corrected chi connectivity index (χ2v) is 4.25. The van der Waals surface area contributed by atoms with Crippen LogP contribution in [-0.2, 0) is 6.42 Å². The smallest absolute Gasteiger partial charge is 0.271 e. The fourth-order valence-corrected chi connectivity index (χ4v) is 1.76. The zero-order chi connectivity index (χ0) is 14.7. The van der Waals surface area contributed by atoms with Crippen LogP contribution in [0.1, 0.15) is 27.3 Å². The monoisotopic (exact) mass is 270 g/mol. The average molecular weight is 270 g/mol. The van der Waals surface area contributed by atoms with E-state index in [2.05, 4.69) is 9.97 Å². The van der Waals surface area contributed by atoms with E-state index in [9.17, 15) is 4.79 Å². The Balaban J connectivity index is 2.30. The van der Waals surface area contributed by atoms with Crippen molar-refractivity contribution in [3.05, 3.63) is 53.0 Å². The molecule has 0 bridgehead atoms. The van der Waals surface area contributed by atoms with Gasteiger partial charge < -0.3 is 17.2 Å². The molecule has 0 aliphatic heterocycles. The number of carbonyl (C=O) groups excluding carboxylic acids is 1. The van der Waals surface area contributed by atoms with Crippen LogP contribution in [0.4, 0.5) is 5.82 Å². The highest BCUT2D eigenvalue weighted by atomic mass is 16.1. The molecule has 0 atom stereocenters. The Morgan fingerprint density at radius 3 is 2.70 bits per heavy atom. The van der Waals surface area contributed by atoms with E-state index in [-0.39, 0.29) is 17.3 Å². The summed E-state index contributed by atoms with van der Waals surface area (Å²) < 4.78 is 0. The highest BCUT2D eigenvalue weighted by Gasteiger charge is 2.10. The first-order valence-corrected chi connectivity index (χ1v) is 5.82. The Kier molecular flexibility index (Phi) is 3.60. The molecule has 1 heterocycles. The molecule has 1 aromatic carbocycles. The van der Waals surface area contributed by atoms with E-state index in [0.29, 0.717) is 17.7 Å². The summed E-state index contributed by atoms with van der Waals surface area (Å²) in [6, 6.07) is 7.19. The molecule has 0 saturated carbocycles. The number of amidine groups is 1. The van der Waals surface area contributed by atoms with Gasteiger partial charge in [-0.15, -0.1) is 0 Å². The summed E-state index contributed by atoms with van der Waals surface area (Å²) in [5, 5.41) is 7.40. The normalized spacial score (nSPS) is 10.2. The van der Waals surface area contributed by atoms with Crippen LogP contribution in [-0.4, -0.2) is 21.7 Å². The van der Waals surface area contributed by atoms with E-state index in [4.69, 9.17) is 22.6 Å². The van der Waals surface area contributed by atoms with Crippen LogP contribution < -0.4 is 17.2 Å². The molecule has 0 aliphatic rings. The fourth-order valence-electron chi connectivity index (χ4n) is 1.76. The van der Waals surface area contributed by atoms with Gasteiger partial charge in [0.2, 0.25) is 0 Å². The molecule has 102 valence electrons. The van der Waals surface area contributed by atoms with Gasteiger partial charge in [0.05, 0.1) is 11.9 Å². The SMILES string of the molecule is N=C(N)c1cccc(Cc2cnc(N)c(C(N)=O)n2)c1. The van der Waals surface area contributed by atoms with Gasteiger partial charge in [0.25, 0.3) is 5.91 Å². The van der Waals surface area contributed by atoms with Crippen LogP contribution in [0.15, 0.2) is 30.5 Å². The molecule has 1 amide bonds. The number of benzene rings is 1. The summed E-state index contributed by atoms with van der Waals surface area (Å²) in [6.45, 7) is 0. The minimum absolute atomic E-state index is 0.00642. The Morgan fingerprint density at radius 2 is 2.05 bits per heavy atom. The number of nitrogen functional groups attached to an aromatic ring is 2. The van der Waals surface area contributed by atoms with E-state index in [1.807, 2.05) is 6.07 Å². The molecule has 20 heavy (non-hydrogen) atoms. The molecular formula is C13H14N6O. The lowest BCUT2D eigenvalue weighted by molar-refractivity contribution is 0.0996. The molecule has 0 radical (unpaired) electrons. The number of hydrogen-bond acceptors (Lipinski definition) is 5. The average Bonchev–Trinajstić information content (AvgIpc) is 2.41. The third-order valence-electron chi connectivity index (χ3n) is 2.71. The molecule has 2 aromatic rings. The van der Waals surface area contributed by atoms with Crippen LogP contribution in [0.3, 0.4) is 0 Å². The summed E-state index contributed by atoms with van der Waals surface area (Å²) in [6.07, 6.45) is 1.93. The lowest BCUT2D eigenvalue weighted by atomic mass is 10.1. The highest BCUT2D eigenvalue weighted by molar-refractivity contribution is 5.95. The van der Waals surface area contributed by atoms with Gasteiger partial charge in [-0.1, -0.05) is 18.2 Å². The number of carbonyl (C=O) groups is 1.